The standard InChI is InChI=1S/C11H24OS2/c1-6-10(7-2)14-12-11(8-3,9-4)13-5/h10H,6-9H2,1-5H3. The van der Waals surface area contributed by atoms with Gasteiger partial charge in [0, 0.05) is 5.25 Å². The molecule has 0 aromatic carbocycles. The molecule has 0 aromatic rings. The zero-order chi connectivity index (χ0) is 11.0. The average Bonchev–Trinajstić information content (AvgIpc) is 2.26. The van der Waals surface area contributed by atoms with Gasteiger partial charge in [-0.15, -0.1) is 11.8 Å². The predicted molar refractivity (Wildman–Crippen MR) is 69.9 cm³/mol. The van der Waals surface area contributed by atoms with Crippen molar-refractivity contribution >= 4 is 23.8 Å². The molecule has 0 atom stereocenters. The summed E-state index contributed by atoms with van der Waals surface area (Å²) in [7, 11) is 0. The van der Waals surface area contributed by atoms with Crippen LogP contribution in [-0.4, -0.2) is 16.4 Å². The number of hydrogen-bond acceptors (Lipinski definition) is 3. The van der Waals surface area contributed by atoms with E-state index in [9.17, 15) is 0 Å². The Bertz CT molecular complexity index is 123. The molecule has 0 aliphatic heterocycles. The molecule has 3 heteroatoms. The van der Waals surface area contributed by atoms with Crippen LogP contribution in [0, 0.1) is 0 Å². The lowest BCUT2D eigenvalue weighted by atomic mass is 10.2. The van der Waals surface area contributed by atoms with Gasteiger partial charge in [-0.05, 0) is 44.0 Å². The largest absolute Gasteiger partial charge is 0.298 e. The van der Waals surface area contributed by atoms with Crippen LogP contribution in [0.1, 0.15) is 53.4 Å². The van der Waals surface area contributed by atoms with Crippen LogP contribution in [0.2, 0.25) is 0 Å². The zero-order valence-electron chi connectivity index (χ0n) is 10.1. The molecule has 0 radical (unpaired) electrons. The van der Waals surface area contributed by atoms with Crippen molar-refractivity contribution in [1.82, 2.24) is 0 Å². The Labute approximate surface area is 98.0 Å². The minimum Gasteiger partial charge on any atom is -0.298 e. The second kappa shape index (κ2) is 7.89. The van der Waals surface area contributed by atoms with E-state index in [1.807, 2.05) is 11.8 Å². The lowest BCUT2D eigenvalue weighted by molar-refractivity contribution is 0.190. The number of rotatable bonds is 8. The Balaban J connectivity index is 4.04. The van der Waals surface area contributed by atoms with Crippen LogP contribution in [0.15, 0.2) is 0 Å². The van der Waals surface area contributed by atoms with E-state index < -0.39 is 0 Å². The monoisotopic (exact) mass is 236 g/mol. The van der Waals surface area contributed by atoms with Crippen LogP contribution in [0.4, 0.5) is 0 Å². The molecule has 0 rings (SSSR count). The highest BCUT2D eigenvalue weighted by Crippen LogP contribution is 2.37. The lowest BCUT2D eigenvalue weighted by Crippen LogP contribution is -2.24. The van der Waals surface area contributed by atoms with Crippen LogP contribution in [0.3, 0.4) is 0 Å². The minimum atomic E-state index is 0.0350. The minimum absolute atomic E-state index is 0.0350. The summed E-state index contributed by atoms with van der Waals surface area (Å²) in [6.45, 7) is 8.85. The summed E-state index contributed by atoms with van der Waals surface area (Å²) in [5, 5.41) is 0.652. The molecular formula is C11H24OS2. The summed E-state index contributed by atoms with van der Waals surface area (Å²) >= 11 is 3.52. The topological polar surface area (TPSA) is 9.23 Å². The van der Waals surface area contributed by atoms with Gasteiger partial charge in [-0.25, -0.2) is 0 Å². The van der Waals surface area contributed by atoms with E-state index in [0.29, 0.717) is 5.25 Å². The molecule has 0 aliphatic rings. The van der Waals surface area contributed by atoms with E-state index >= 15 is 0 Å². The SMILES string of the molecule is CCC(CC)SOC(CC)(CC)SC. The van der Waals surface area contributed by atoms with Gasteiger partial charge < -0.3 is 0 Å². The van der Waals surface area contributed by atoms with Crippen LogP contribution >= 0.6 is 23.8 Å². The molecule has 0 spiro atoms. The summed E-state index contributed by atoms with van der Waals surface area (Å²) in [6.07, 6.45) is 6.69. The Kier molecular flexibility index (Phi) is 8.26. The molecule has 0 unspecified atom stereocenters. The smallest absolute Gasteiger partial charge is 0.127 e. The van der Waals surface area contributed by atoms with Gasteiger partial charge in [-0.3, -0.25) is 4.18 Å². The number of thioether (sulfide) groups is 1. The molecule has 14 heavy (non-hydrogen) atoms. The third-order valence-electron chi connectivity index (χ3n) is 2.70. The summed E-state index contributed by atoms with van der Waals surface area (Å²) in [5.74, 6) is 0. The molecule has 0 N–H and O–H groups in total. The van der Waals surface area contributed by atoms with E-state index in [0.717, 1.165) is 12.8 Å². The van der Waals surface area contributed by atoms with Gasteiger partial charge in [-0.2, -0.15) is 0 Å². The van der Waals surface area contributed by atoms with Crippen molar-refractivity contribution in [3.05, 3.63) is 0 Å². The second-order valence-electron chi connectivity index (χ2n) is 3.44. The van der Waals surface area contributed by atoms with E-state index in [1.54, 1.807) is 12.0 Å². The van der Waals surface area contributed by atoms with Crippen LogP contribution in [0.5, 0.6) is 0 Å². The Hall–Kier alpha value is 0.660. The highest BCUT2D eigenvalue weighted by Gasteiger charge is 2.27. The van der Waals surface area contributed by atoms with Gasteiger partial charge >= 0.3 is 0 Å². The maximum Gasteiger partial charge on any atom is 0.127 e. The summed E-state index contributed by atoms with van der Waals surface area (Å²) < 4.78 is 6.00. The lowest BCUT2D eigenvalue weighted by Gasteiger charge is -2.30. The highest BCUT2D eigenvalue weighted by molar-refractivity contribution is 8.01. The average molecular weight is 236 g/mol. The highest BCUT2D eigenvalue weighted by atomic mass is 32.2. The van der Waals surface area contributed by atoms with Crippen molar-refractivity contribution in [2.24, 2.45) is 0 Å². The fourth-order valence-corrected chi connectivity index (χ4v) is 3.06. The van der Waals surface area contributed by atoms with Crippen molar-refractivity contribution in [2.45, 2.75) is 63.6 Å². The third-order valence-corrected chi connectivity index (χ3v) is 5.56. The second-order valence-corrected chi connectivity index (χ2v) is 5.62. The molecule has 0 fully saturated rings. The normalized spacial score (nSPS) is 12.4. The molecule has 0 saturated heterocycles. The van der Waals surface area contributed by atoms with E-state index in [-0.39, 0.29) is 4.93 Å². The van der Waals surface area contributed by atoms with Crippen molar-refractivity contribution in [2.75, 3.05) is 6.26 Å². The molecular weight excluding hydrogens is 212 g/mol. The Morgan fingerprint density at radius 1 is 1.07 bits per heavy atom. The molecule has 0 aromatic heterocycles. The first-order chi connectivity index (χ1) is 6.67. The summed E-state index contributed by atoms with van der Waals surface area (Å²) in [6, 6.07) is 0. The Morgan fingerprint density at radius 3 is 1.86 bits per heavy atom. The van der Waals surface area contributed by atoms with Gasteiger partial charge in [-0.1, -0.05) is 27.7 Å². The Morgan fingerprint density at radius 2 is 1.57 bits per heavy atom. The van der Waals surface area contributed by atoms with E-state index in [1.165, 1.54) is 12.8 Å². The predicted octanol–water partition coefficient (Wildman–Crippen LogP) is 4.72. The fourth-order valence-electron chi connectivity index (χ4n) is 1.27. The third kappa shape index (κ3) is 4.45. The molecule has 86 valence electrons. The van der Waals surface area contributed by atoms with Gasteiger partial charge in [0.15, 0.2) is 0 Å². The van der Waals surface area contributed by atoms with Crippen LogP contribution < -0.4 is 0 Å². The zero-order valence-corrected chi connectivity index (χ0v) is 11.8. The molecule has 0 amide bonds. The fraction of sp³-hybridized carbons (Fsp3) is 1.00. The van der Waals surface area contributed by atoms with Gasteiger partial charge in [0.1, 0.15) is 4.93 Å². The first-order valence-corrected chi connectivity index (χ1v) is 7.60. The molecule has 0 saturated carbocycles. The number of hydrogen-bond donors (Lipinski definition) is 0. The van der Waals surface area contributed by atoms with Crippen LogP contribution in [0.25, 0.3) is 0 Å². The molecule has 0 heterocycles. The first kappa shape index (κ1) is 14.7. The maximum atomic E-state index is 6.00. The van der Waals surface area contributed by atoms with E-state index in [4.69, 9.17) is 4.18 Å². The van der Waals surface area contributed by atoms with E-state index in [2.05, 4.69) is 34.0 Å². The van der Waals surface area contributed by atoms with Gasteiger partial charge in [0.2, 0.25) is 0 Å². The maximum absolute atomic E-state index is 6.00. The van der Waals surface area contributed by atoms with Crippen molar-refractivity contribution < 1.29 is 4.18 Å². The molecule has 1 nitrogen and oxygen atoms in total. The summed E-state index contributed by atoms with van der Waals surface area (Å²) in [5.41, 5.74) is 0. The summed E-state index contributed by atoms with van der Waals surface area (Å²) in [4.78, 5) is 0.0350. The first-order valence-electron chi connectivity index (χ1n) is 5.57. The molecule has 0 bridgehead atoms. The van der Waals surface area contributed by atoms with Crippen molar-refractivity contribution in [3.8, 4) is 0 Å². The van der Waals surface area contributed by atoms with Gasteiger partial charge in [0.05, 0.1) is 0 Å². The van der Waals surface area contributed by atoms with Crippen molar-refractivity contribution in [3.63, 3.8) is 0 Å². The van der Waals surface area contributed by atoms with Crippen LogP contribution in [-0.2, 0) is 4.18 Å². The molecule has 0 aliphatic carbocycles. The quantitative estimate of drug-likeness (QED) is 0.446. The van der Waals surface area contributed by atoms with Crippen molar-refractivity contribution in [1.29, 1.82) is 0 Å². The van der Waals surface area contributed by atoms with Gasteiger partial charge in [0.25, 0.3) is 0 Å².